The molecule has 8 heteroatoms. The molecule has 2 aromatic rings. The van der Waals surface area contributed by atoms with E-state index in [1.54, 1.807) is 0 Å². The minimum Gasteiger partial charge on any atom is -0.349 e. The third-order valence-corrected chi connectivity index (χ3v) is 2.31. The van der Waals surface area contributed by atoms with Gasteiger partial charge in [0.25, 0.3) is 17.0 Å². The van der Waals surface area contributed by atoms with Crippen LogP contribution in [0.4, 0.5) is 0 Å². The monoisotopic (exact) mass is 261 g/mol. The second-order valence-electron chi connectivity index (χ2n) is 3.64. The number of amides is 1. The largest absolute Gasteiger partial charge is 0.349 e. The van der Waals surface area contributed by atoms with E-state index in [-0.39, 0.29) is 24.3 Å². The summed E-state index contributed by atoms with van der Waals surface area (Å²) in [5, 5.41) is 6.39. The summed E-state index contributed by atoms with van der Waals surface area (Å²) in [6.07, 6.45) is 2.64. The Morgan fingerprint density at radius 1 is 1.42 bits per heavy atom. The zero-order valence-corrected chi connectivity index (χ0v) is 9.87. The molecular formula is C11H11N5O3. The number of hydrogen-bond donors (Lipinski definition) is 2. The molecule has 0 spiro atoms. The Morgan fingerprint density at radius 2 is 2.26 bits per heavy atom. The highest BCUT2D eigenvalue weighted by molar-refractivity contribution is 5.91. The number of hydrogen-bond acceptors (Lipinski definition) is 5. The van der Waals surface area contributed by atoms with E-state index >= 15 is 0 Å². The van der Waals surface area contributed by atoms with Crippen molar-refractivity contribution in [3.8, 4) is 0 Å². The Kier molecular flexibility index (Phi) is 3.81. The molecule has 0 aliphatic rings. The number of carbonyl (C=O) groups excluding carboxylic acids is 1. The van der Waals surface area contributed by atoms with Gasteiger partial charge in [0, 0.05) is 24.9 Å². The molecule has 0 aliphatic carbocycles. The maximum atomic E-state index is 11.6. The van der Waals surface area contributed by atoms with Gasteiger partial charge in [0.1, 0.15) is 5.69 Å². The molecule has 0 saturated carbocycles. The van der Waals surface area contributed by atoms with E-state index in [2.05, 4.69) is 20.4 Å². The average Bonchev–Trinajstić information content (AvgIpc) is 2.41. The van der Waals surface area contributed by atoms with Crippen LogP contribution in [0.5, 0.6) is 0 Å². The molecule has 0 unspecified atom stereocenters. The fraction of sp³-hybridized carbons (Fsp3) is 0.182. The van der Waals surface area contributed by atoms with Crippen LogP contribution in [-0.2, 0) is 6.54 Å². The van der Waals surface area contributed by atoms with Gasteiger partial charge in [-0.3, -0.25) is 14.4 Å². The van der Waals surface area contributed by atoms with Crippen LogP contribution in [0.15, 0.2) is 40.3 Å². The quantitative estimate of drug-likeness (QED) is 0.715. The first-order chi connectivity index (χ1) is 9.16. The van der Waals surface area contributed by atoms with Crippen molar-refractivity contribution in [1.29, 1.82) is 0 Å². The van der Waals surface area contributed by atoms with Crippen LogP contribution in [0.3, 0.4) is 0 Å². The number of nitrogens with zero attached hydrogens (tertiary/aromatic N) is 3. The van der Waals surface area contributed by atoms with Crippen LogP contribution >= 0.6 is 0 Å². The average molecular weight is 261 g/mol. The lowest BCUT2D eigenvalue weighted by Gasteiger charge is -2.05. The van der Waals surface area contributed by atoms with Gasteiger partial charge in [0.2, 0.25) is 0 Å². The Bertz CT molecular complexity index is 691. The van der Waals surface area contributed by atoms with Crippen molar-refractivity contribution in [2.24, 2.45) is 0 Å². The van der Waals surface area contributed by atoms with Gasteiger partial charge in [-0.25, -0.2) is 9.67 Å². The van der Waals surface area contributed by atoms with E-state index < -0.39 is 11.5 Å². The highest BCUT2D eigenvalue weighted by Gasteiger charge is 2.06. The molecule has 1 amide bonds. The summed E-state index contributed by atoms with van der Waals surface area (Å²) < 4.78 is 1.23. The SMILES string of the molecule is O=C(NCCn1ncccc1=O)c1cc(=O)[nH]cn1. The Morgan fingerprint density at radius 3 is 3.00 bits per heavy atom. The molecule has 8 nitrogen and oxygen atoms in total. The molecule has 0 aromatic carbocycles. The molecule has 0 bridgehead atoms. The van der Waals surface area contributed by atoms with E-state index in [0.717, 1.165) is 12.4 Å². The first-order valence-corrected chi connectivity index (χ1v) is 5.52. The third kappa shape index (κ3) is 3.35. The molecule has 0 atom stereocenters. The number of nitrogens with one attached hydrogen (secondary N) is 2. The molecule has 0 aliphatic heterocycles. The van der Waals surface area contributed by atoms with Crippen molar-refractivity contribution in [3.63, 3.8) is 0 Å². The molecule has 0 radical (unpaired) electrons. The number of aromatic nitrogens is 4. The van der Waals surface area contributed by atoms with E-state index in [1.807, 2.05) is 0 Å². The minimum absolute atomic E-state index is 0.0251. The van der Waals surface area contributed by atoms with Crippen LogP contribution < -0.4 is 16.4 Å². The van der Waals surface area contributed by atoms with Crippen molar-refractivity contribution < 1.29 is 4.79 Å². The third-order valence-electron chi connectivity index (χ3n) is 2.31. The summed E-state index contributed by atoms with van der Waals surface area (Å²) in [6, 6.07) is 4.02. The maximum Gasteiger partial charge on any atom is 0.270 e. The zero-order valence-electron chi connectivity index (χ0n) is 9.87. The molecule has 2 rings (SSSR count). The van der Waals surface area contributed by atoms with Crippen LogP contribution in [0.25, 0.3) is 0 Å². The first-order valence-electron chi connectivity index (χ1n) is 5.52. The normalized spacial score (nSPS) is 10.1. The van der Waals surface area contributed by atoms with Crippen LogP contribution in [-0.4, -0.2) is 32.2 Å². The Labute approximate surface area is 107 Å². The maximum absolute atomic E-state index is 11.6. The standard InChI is InChI=1S/C11H11N5O3/c17-9-6-8(13-7-14-9)11(19)12-4-5-16-10(18)2-1-3-15-16/h1-3,6-7H,4-5H2,(H,12,19)(H,13,14,17). The number of rotatable bonds is 4. The molecule has 2 aromatic heterocycles. The van der Waals surface area contributed by atoms with E-state index in [0.29, 0.717) is 0 Å². The fourth-order valence-corrected chi connectivity index (χ4v) is 1.41. The van der Waals surface area contributed by atoms with Crippen molar-refractivity contribution in [3.05, 3.63) is 57.1 Å². The lowest BCUT2D eigenvalue weighted by Crippen LogP contribution is -2.32. The summed E-state index contributed by atoms with van der Waals surface area (Å²) in [6.45, 7) is 0.457. The van der Waals surface area contributed by atoms with Gasteiger partial charge in [0.05, 0.1) is 12.9 Å². The van der Waals surface area contributed by atoms with Crippen molar-refractivity contribution in [2.75, 3.05) is 6.54 Å². The summed E-state index contributed by atoms with van der Waals surface area (Å²) in [5.41, 5.74) is -0.621. The van der Waals surface area contributed by atoms with Gasteiger partial charge in [-0.2, -0.15) is 5.10 Å². The lowest BCUT2D eigenvalue weighted by molar-refractivity contribution is 0.0946. The summed E-state index contributed by atoms with van der Waals surface area (Å²) in [7, 11) is 0. The highest BCUT2D eigenvalue weighted by Crippen LogP contribution is 1.86. The molecular weight excluding hydrogens is 250 g/mol. The zero-order chi connectivity index (χ0) is 13.7. The van der Waals surface area contributed by atoms with E-state index in [4.69, 9.17) is 0 Å². The highest BCUT2D eigenvalue weighted by atomic mass is 16.2. The van der Waals surface area contributed by atoms with Crippen molar-refractivity contribution in [1.82, 2.24) is 25.1 Å². The second kappa shape index (κ2) is 5.71. The second-order valence-corrected chi connectivity index (χ2v) is 3.64. The number of carbonyl (C=O) groups is 1. The van der Waals surface area contributed by atoms with Crippen molar-refractivity contribution in [2.45, 2.75) is 6.54 Å². The number of aromatic amines is 1. The van der Waals surface area contributed by atoms with Gasteiger partial charge in [0.15, 0.2) is 0 Å². The van der Waals surface area contributed by atoms with E-state index in [9.17, 15) is 14.4 Å². The molecule has 0 fully saturated rings. The predicted octanol–water partition coefficient (Wildman–Crippen LogP) is -1.24. The van der Waals surface area contributed by atoms with Gasteiger partial charge in [-0.1, -0.05) is 0 Å². The van der Waals surface area contributed by atoms with Gasteiger partial charge >= 0.3 is 0 Å². The topological polar surface area (TPSA) is 110 Å². The predicted molar refractivity (Wildman–Crippen MR) is 65.7 cm³/mol. The molecule has 2 heterocycles. The summed E-state index contributed by atoms with van der Waals surface area (Å²) in [5.74, 6) is -0.477. The van der Waals surface area contributed by atoms with Crippen LogP contribution in [0.2, 0.25) is 0 Å². The van der Waals surface area contributed by atoms with Crippen LogP contribution in [0, 0.1) is 0 Å². The number of H-pyrrole nitrogens is 1. The first kappa shape index (κ1) is 12.7. The Hall–Kier alpha value is -2.77. The van der Waals surface area contributed by atoms with Crippen molar-refractivity contribution >= 4 is 5.91 Å². The summed E-state index contributed by atoms with van der Waals surface area (Å²) >= 11 is 0. The van der Waals surface area contributed by atoms with Gasteiger partial charge < -0.3 is 10.3 Å². The van der Waals surface area contributed by atoms with Gasteiger partial charge in [-0.05, 0) is 6.07 Å². The van der Waals surface area contributed by atoms with Crippen LogP contribution in [0.1, 0.15) is 10.5 Å². The summed E-state index contributed by atoms with van der Waals surface area (Å²) in [4.78, 5) is 40.0. The molecule has 0 saturated heterocycles. The molecule has 2 N–H and O–H groups in total. The van der Waals surface area contributed by atoms with E-state index in [1.165, 1.54) is 23.0 Å². The lowest BCUT2D eigenvalue weighted by atomic mass is 10.4. The Balaban J connectivity index is 1.93. The van der Waals surface area contributed by atoms with Gasteiger partial charge in [-0.15, -0.1) is 0 Å². The minimum atomic E-state index is -0.477. The molecule has 98 valence electrons. The smallest absolute Gasteiger partial charge is 0.270 e. The fourth-order valence-electron chi connectivity index (χ4n) is 1.41. The molecule has 19 heavy (non-hydrogen) atoms.